The zero-order chi connectivity index (χ0) is 12.3. The van der Waals surface area contributed by atoms with Crippen molar-refractivity contribution in [3.8, 4) is 0 Å². The molecule has 1 rings (SSSR count). The summed E-state index contributed by atoms with van der Waals surface area (Å²) < 4.78 is 0. The minimum absolute atomic E-state index is 0. The fourth-order valence-electron chi connectivity index (χ4n) is 1.34. The Kier molecular flexibility index (Phi) is 9.64. The summed E-state index contributed by atoms with van der Waals surface area (Å²) in [6.07, 6.45) is 0. The molecule has 0 bridgehead atoms. The van der Waals surface area contributed by atoms with Gasteiger partial charge in [-0.1, -0.05) is 6.92 Å². The predicted molar refractivity (Wildman–Crippen MR) is 80.6 cm³/mol. The zero-order valence-electron chi connectivity index (χ0n) is 11.0. The third kappa shape index (κ3) is 5.10. The number of aryl methyl sites for hydroxylation is 1. The number of hydrogen-bond donors (Lipinski definition) is 1. The number of carbonyl (C=O) groups excluding carboxylic acids is 1. The lowest BCUT2D eigenvalue weighted by Crippen LogP contribution is -2.39. The normalized spacial score (nSPS) is 12.9. The van der Waals surface area contributed by atoms with E-state index in [9.17, 15) is 4.79 Å². The quantitative estimate of drug-likeness (QED) is 0.927. The van der Waals surface area contributed by atoms with Gasteiger partial charge in [-0.15, -0.1) is 36.2 Å². The summed E-state index contributed by atoms with van der Waals surface area (Å²) in [5.74, 6) is -0.0546. The zero-order valence-corrected chi connectivity index (χ0v) is 13.5. The second-order valence-electron chi connectivity index (χ2n) is 4.20. The van der Waals surface area contributed by atoms with Crippen molar-refractivity contribution in [3.05, 3.63) is 16.1 Å². The van der Waals surface area contributed by atoms with Gasteiger partial charge in [0.25, 0.3) is 0 Å². The van der Waals surface area contributed by atoms with Crippen molar-refractivity contribution in [2.45, 2.75) is 33.4 Å². The Morgan fingerprint density at radius 1 is 1.50 bits per heavy atom. The van der Waals surface area contributed by atoms with Gasteiger partial charge in [0.2, 0.25) is 5.91 Å². The highest BCUT2D eigenvalue weighted by Crippen LogP contribution is 2.15. The van der Waals surface area contributed by atoms with Crippen LogP contribution in [0.5, 0.6) is 0 Å². The molecule has 0 saturated heterocycles. The van der Waals surface area contributed by atoms with Crippen LogP contribution in [-0.4, -0.2) is 28.9 Å². The topological polar surface area (TPSA) is 59.2 Å². The molecule has 4 nitrogen and oxygen atoms in total. The van der Waals surface area contributed by atoms with E-state index in [0.29, 0.717) is 6.54 Å². The molecular formula is C11H21Cl2N3OS. The molecule has 1 heterocycles. The van der Waals surface area contributed by atoms with Gasteiger partial charge < -0.3 is 10.6 Å². The van der Waals surface area contributed by atoms with E-state index in [-0.39, 0.29) is 42.7 Å². The first kappa shape index (κ1) is 20.0. The first-order valence-corrected chi connectivity index (χ1v) is 6.21. The van der Waals surface area contributed by atoms with E-state index in [1.54, 1.807) is 28.8 Å². The van der Waals surface area contributed by atoms with Gasteiger partial charge >= 0.3 is 0 Å². The minimum Gasteiger partial charge on any atom is -0.340 e. The van der Waals surface area contributed by atoms with Crippen LogP contribution in [-0.2, 0) is 11.3 Å². The highest BCUT2D eigenvalue weighted by atomic mass is 35.5. The van der Waals surface area contributed by atoms with Gasteiger partial charge in [0, 0.05) is 18.0 Å². The van der Waals surface area contributed by atoms with Crippen LogP contribution in [0.25, 0.3) is 0 Å². The summed E-state index contributed by atoms with van der Waals surface area (Å²) >= 11 is 1.58. The Bertz CT molecular complexity index is 371. The fraction of sp³-hybridized carbons (Fsp3) is 0.636. The van der Waals surface area contributed by atoms with Gasteiger partial charge in [0.1, 0.15) is 0 Å². The molecule has 0 saturated carbocycles. The molecule has 2 atom stereocenters. The van der Waals surface area contributed by atoms with Crippen LogP contribution < -0.4 is 5.73 Å². The SMILES string of the molecule is Cc1ncsc1CN(C)C(=O)C(C)C(C)N.Cl.Cl. The molecule has 0 aliphatic heterocycles. The van der Waals surface area contributed by atoms with Crippen molar-refractivity contribution >= 4 is 42.1 Å². The highest BCUT2D eigenvalue weighted by molar-refractivity contribution is 7.09. The number of hydrogen-bond acceptors (Lipinski definition) is 4. The van der Waals surface area contributed by atoms with Crippen molar-refractivity contribution in [1.29, 1.82) is 0 Å². The third-order valence-electron chi connectivity index (χ3n) is 2.78. The molecule has 0 aliphatic rings. The van der Waals surface area contributed by atoms with Crippen LogP contribution in [0.1, 0.15) is 24.4 Å². The maximum atomic E-state index is 12.0. The molecule has 106 valence electrons. The lowest BCUT2D eigenvalue weighted by molar-refractivity contribution is -0.134. The second-order valence-corrected chi connectivity index (χ2v) is 5.14. The predicted octanol–water partition coefficient (Wildman–Crippen LogP) is 2.24. The number of halogens is 2. The molecule has 1 amide bonds. The van der Waals surface area contributed by atoms with Gasteiger partial charge in [-0.2, -0.15) is 0 Å². The Hall–Kier alpha value is -0.360. The number of carbonyl (C=O) groups is 1. The van der Waals surface area contributed by atoms with Crippen LogP contribution >= 0.6 is 36.2 Å². The van der Waals surface area contributed by atoms with E-state index >= 15 is 0 Å². The fourth-order valence-corrected chi connectivity index (χ4v) is 2.17. The average molecular weight is 314 g/mol. The van der Waals surface area contributed by atoms with E-state index in [0.717, 1.165) is 10.6 Å². The van der Waals surface area contributed by atoms with Crippen LogP contribution in [0, 0.1) is 12.8 Å². The Balaban J connectivity index is 0. The molecule has 0 fully saturated rings. The summed E-state index contributed by atoms with van der Waals surface area (Å²) in [5.41, 5.74) is 8.52. The molecule has 2 unspecified atom stereocenters. The lowest BCUT2D eigenvalue weighted by Gasteiger charge is -2.23. The number of aromatic nitrogens is 1. The van der Waals surface area contributed by atoms with Gasteiger partial charge in [0.05, 0.1) is 23.7 Å². The van der Waals surface area contributed by atoms with Crippen LogP contribution in [0.4, 0.5) is 0 Å². The van der Waals surface area contributed by atoms with E-state index in [2.05, 4.69) is 4.98 Å². The van der Waals surface area contributed by atoms with E-state index in [1.807, 2.05) is 20.8 Å². The average Bonchev–Trinajstić information content (AvgIpc) is 2.62. The molecule has 0 aromatic carbocycles. The Labute approximate surface area is 125 Å². The first-order chi connectivity index (χ1) is 7.43. The molecular weight excluding hydrogens is 293 g/mol. The Morgan fingerprint density at radius 3 is 2.44 bits per heavy atom. The monoisotopic (exact) mass is 313 g/mol. The summed E-state index contributed by atoms with van der Waals surface area (Å²) in [6, 6.07) is -0.113. The molecule has 7 heteroatoms. The summed E-state index contributed by atoms with van der Waals surface area (Å²) in [7, 11) is 1.81. The highest BCUT2D eigenvalue weighted by Gasteiger charge is 2.21. The summed E-state index contributed by atoms with van der Waals surface area (Å²) in [6.45, 7) is 6.29. The van der Waals surface area contributed by atoms with E-state index in [4.69, 9.17) is 5.73 Å². The number of thiazole rings is 1. The van der Waals surface area contributed by atoms with E-state index < -0.39 is 0 Å². The van der Waals surface area contributed by atoms with Crippen molar-refractivity contribution in [2.75, 3.05) is 7.05 Å². The van der Waals surface area contributed by atoms with E-state index in [1.165, 1.54) is 0 Å². The number of amides is 1. The summed E-state index contributed by atoms with van der Waals surface area (Å²) in [4.78, 5) is 19.0. The number of nitrogens with zero attached hydrogens (tertiary/aromatic N) is 2. The lowest BCUT2D eigenvalue weighted by atomic mass is 10.0. The summed E-state index contributed by atoms with van der Waals surface area (Å²) in [5, 5.41) is 0. The molecule has 2 N–H and O–H groups in total. The van der Waals surface area contributed by atoms with Crippen LogP contribution in [0.2, 0.25) is 0 Å². The van der Waals surface area contributed by atoms with Crippen LogP contribution in [0.15, 0.2) is 5.51 Å². The Morgan fingerprint density at radius 2 is 2.06 bits per heavy atom. The van der Waals surface area contributed by atoms with Crippen molar-refractivity contribution < 1.29 is 4.79 Å². The molecule has 1 aromatic rings. The number of rotatable bonds is 4. The first-order valence-electron chi connectivity index (χ1n) is 5.33. The molecule has 0 radical (unpaired) electrons. The molecule has 0 aliphatic carbocycles. The van der Waals surface area contributed by atoms with Gasteiger partial charge in [-0.25, -0.2) is 4.98 Å². The van der Waals surface area contributed by atoms with Gasteiger partial charge in [-0.05, 0) is 13.8 Å². The van der Waals surface area contributed by atoms with Gasteiger partial charge in [-0.3, -0.25) is 4.79 Å². The van der Waals surface area contributed by atoms with Gasteiger partial charge in [0.15, 0.2) is 0 Å². The minimum atomic E-state index is -0.141. The van der Waals surface area contributed by atoms with Crippen molar-refractivity contribution in [1.82, 2.24) is 9.88 Å². The number of nitrogens with two attached hydrogens (primary N) is 1. The maximum Gasteiger partial charge on any atom is 0.227 e. The molecule has 1 aromatic heterocycles. The largest absolute Gasteiger partial charge is 0.340 e. The van der Waals surface area contributed by atoms with Crippen LogP contribution in [0.3, 0.4) is 0 Å². The van der Waals surface area contributed by atoms with Crippen molar-refractivity contribution in [3.63, 3.8) is 0 Å². The second kappa shape index (κ2) is 8.69. The maximum absolute atomic E-state index is 12.0. The third-order valence-corrected chi connectivity index (χ3v) is 3.70. The van der Waals surface area contributed by atoms with Crippen molar-refractivity contribution in [2.24, 2.45) is 11.7 Å². The standard InChI is InChI=1S/C11H19N3OS.2ClH/c1-7(8(2)12)11(15)14(4)5-10-9(3)13-6-16-10;;/h6-8H,5,12H2,1-4H3;2*1H. The molecule has 0 spiro atoms. The smallest absolute Gasteiger partial charge is 0.227 e. The molecule has 18 heavy (non-hydrogen) atoms.